The van der Waals surface area contributed by atoms with Crippen LogP contribution in [-0.4, -0.2) is 22.3 Å². The molecule has 2 N–H and O–H groups in total. The molecule has 0 radical (unpaired) electrons. The van der Waals surface area contributed by atoms with E-state index in [0.717, 1.165) is 44.9 Å². The van der Waals surface area contributed by atoms with Gasteiger partial charge in [-0.3, -0.25) is 4.79 Å². The van der Waals surface area contributed by atoms with Gasteiger partial charge in [-0.15, -0.1) is 0 Å². The third-order valence-electron chi connectivity index (χ3n) is 3.49. The molecule has 0 fully saturated rings. The van der Waals surface area contributed by atoms with Crippen molar-refractivity contribution in [3.05, 3.63) is 12.2 Å². The molecule has 118 valence electrons. The Kier molecular flexibility index (Phi) is 14.0. The van der Waals surface area contributed by atoms with Crippen LogP contribution >= 0.6 is 0 Å². The lowest BCUT2D eigenvalue weighted by molar-refractivity contribution is -0.137. The fourth-order valence-electron chi connectivity index (χ4n) is 2.25. The largest absolute Gasteiger partial charge is 0.481 e. The first-order valence-corrected chi connectivity index (χ1v) is 8.21. The number of rotatable bonds is 14. The summed E-state index contributed by atoms with van der Waals surface area (Å²) in [5, 5.41) is 18.2. The van der Waals surface area contributed by atoms with E-state index >= 15 is 0 Å². The number of carboxylic acids is 1. The molecular formula is C17H32O3. The van der Waals surface area contributed by atoms with Gasteiger partial charge in [-0.2, -0.15) is 0 Å². The molecule has 0 heterocycles. The highest BCUT2D eigenvalue weighted by Crippen LogP contribution is 2.12. The van der Waals surface area contributed by atoms with E-state index in [-0.39, 0.29) is 6.10 Å². The second kappa shape index (κ2) is 14.6. The van der Waals surface area contributed by atoms with Crippen LogP contribution in [0, 0.1) is 0 Å². The Bertz CT molecular complexity index is 249. The maximum Gasteiger partial charge on any atom is 0.303 e. The van der Waals surface area contributed by atoms with Gasteiger partial charge in [-0.1, -0.05) is 64.0 Å². The normalized spacial score (nSPS) is 12.9. The highest BCUT2D eigenvalue weighted by atomic mass is 16.4. The predicted octanol–water partition coefficient (Wildman–Crippen LogP) is 4.69. The summed E-state index contributed by atoms with van der Waals surface area (Å²) >= 11 is 0. The molecule has 0 aromatic carbocycles. The lowest BCUT2D eigenvalue weighted by atomic mass is 10.0. The Balaban J connectivity index is 3.16. The average molecular weight is 284 g/mol. The SMILES string of the molecule is CCC=CCC(O)CCCCCCCCCCC(=O)O. The number of aliphatic hydroxyl groups excluding tert-OH is 1. The third kappa shape index (κ3) is 15.2. The molecule has 0 aliphatic heterocycles. The summed E-state index contributed by atoms with van der Waals surface area (Å²) in [5.74, 6) is -0.683. The number of aliphatic hydroxyl groups is 1. The van der Waals surface area contributed by atoms with E-state index in [0.29, 0.717) is 6.42 Å². The highest BCUT2D eigenvalue weighted by Gasteiger charge is 2.01. The zero-order valence-corrected chi connectivity index (χ0v) is 13.0. The molecule has 0 saturated heterocycles. The summed E-state index contributed by atoms with van der Waals surface area (Å²) in [6, 6.07) is 0. The Labute approximate surface area is 124 Å². The van der Waals surface area contributed by atoms with Gasteiger partial charge in [0, 0.05) is 6.42 Å². The van der Waals surface area contributed by atoms with Gasteiger partial charge in [0.1, 0.15) is 0 Å². The van der Waals surface area contributed by atoms with Crippen LogP contribution in [0.1, 0.15) is 84.0 Å². The van der Waals surface area contributed by atoms with Crippen LogP contribution in [0.4, 0.5) is 0 Å². The van der Waals surface area contributed by atoms with Crippen molar-refractivity contribution in [1.82, 2.24) is 0 Å². The quantitative estimate of drug-likeness (QED) is 0.359. The van der Waals surface area contributed by atoms with E-state index in [1.54, 1.807) is 0 Å². The van der Waals surface area contributed by atoms with Gasteiger partial charge in [0.25, 0.3) is 0 Å². The molecule has 0 aromatic heterocycles. The fraction of sp³-hybridized carbons (Fsp3) is 0.824. The summed E-state index contributed by atoms with van der Waals surface area (Å²) in [7, 11) is 0. The Hall–Kier alpha value is -0.830. The van der Waals surface area contributed by atoms with Crippen molar-refractivity contribution >= 4 is 5.97 Å². The van der Waals surface area contributed by atoms with E-state index < -0.39 is 5.97 Å². The number of aliphatic carboxylic acids is 1. The number of hydrogen-bond donors (Lipinski definition) is 2. The molecule has 3 nitrogen and oxygen atoms in total. The zero-order chi connectivity index (χ0) is 15.1. The molecule has 1 atom stereocenters. The van der Waals surface area contributed by atoms with Gasteiger partial charge in [0.15, 0.2) is 0 Å². The summed E-state index contributed by atoms with van der Waals surface area (Å²) in [6.45, 7) is 2.10. The number of hydrogen-bond acceptors (Lipinski definition) is 2. The number of carbonyl (C=O) groups is 1. The minimum absolute atomic E-state index is 0.172. The van der Waals surface area contributed by atoms with E-state index in [1.165, 1.54) is 25.7 Å². The minimum Gasteiger partial charge on any atom is -0.481 e. The predicted molar refractivity (Wildman–Crippen MR) is 83.9 cm³/mol. The van der Waals surface area contributed by atoms with E-state index in [4.69, 9.17) is 5.11 Å². The molecular weight excluding hydrogens is 252 g/mol. The molecule has 0 bridgehead atoms. The first kappa shape index (κ1) is 19.2. The third-order valence-corrected chi connectivity index (χ3v) is 3.49. The fourth-order valence-corrected chi connectivity index (χ4v) is 2.25. The number of allylic oxidation sites excluding steroid dienone is 1. The molecule has 3 heteroatoms. The molecule has 0 amide bonds. The molecule has 0 aliphatic carbocycles. The van der Waals surface area contributed by atoms with Crippen LogP contribution < -0.4 is 0 Å². The smallest absolute Gasteiger partial charge is 0.303 e. The minimum atomic E-state index is -0.683. The monoisotopic (exact) mass is 284 g/mol. The second-order valence-electron chi connectivity index (χ2n) is 5.53. The van der Waals surface area contributed by atoms with Crippen LogP contribution in [-0.2, 0) is 4.79 Å². The van der Waals surface area contributed by atoms with E-state index in [2.05, 4.69) is 19.1 Å². The van der Waals surface area contributed by atoms with Crippen LogP contribution in [0.3, 0.4) is 0 Å². The number of unbranched alkanes of at least 4 members (excludes halogenated alkanes) is 7. The second-order valence-corrected chi connectivity index (χ2v) is 5.53. The lowest BCUT2D eigenvalue weighted by Crippen LogP contribution is -2.04. The van der Waals surface area contributed by atoms with Crippen LogP contribution in [0.25, 0.3) is 0 Å². The highest BCUT2D eigenvalue weighted by molar-refractivity contribution is 5.66. The van der Waals surface area contributed by atoms with Crippen molar-refractivity contribution in [3.8, 4) is 0 Å². The molecule has 1 unspecified atom stereocenters. The van der Waals surface area contributed by atoms with Crippen molar-refractivity contribution in [3.63, 3.8) is 0 Å². The van der Waals surface area contributed by atoms with E-state index in [1.807, 2.05) is 0 Å². The maximum atomic E-state index is 10.3. The zero-order valence-electron chi connectivity index (χ0n) is 13.0. The molecule has 0 spiro atoms. The number of carboxylic acid groups (broad SMARTS) is 1. The van der Waals surface area contributed by atoms with Crippen LogP contribution in [0.2, 0.25) is 0 Å². The van der Waals surface area contributed by atoms with Gasteiger partial charge in [0.05, 0.1) is 6.10 Å². The molecule has 0 aromatic rings. The van der Waals surface area contributed by atoms with Crippen molar-refractivity contribution in [2.45, 2.75) is 90.1 Å². The molecule has 0 rings (SSSR count). The van der Waals surface area contributed by atoms with Crippen LogP contribution in [0.5, 0.6) is 0 Å². The molecule has 0 saturated carbocycles. The summed E-state index contributed by atoms with van der Waals surface area (Å²) in [6.07, 6.45) is 16.0. The first-order valence-electron chi connectivity index (χ1n) is 8.21. The van der Waals surface area contributed by atoms with Gasteiger partial charge < -0.3 is 10.2 Å². The Morgan fingerprint density at radius 3 is 2.05 bits per heavy atom. The Morgan fingerprint density at radius 1 is 0.950 bits per heavy atom. The lowest BCUT2D eigenvalue weighted by Gasteiger charge is -2.07. The van der Waals surface area contributed by atoms with Gasteiger partial charge >= 0.3 is 5.97 Å². The summed E-state index contributed by atoms with van der Waals surface area (Å²) in [4.78, 5) is 10.3. The van der Waals surface area contributed by atoms with Crippen molar-refractivity contribution in [2.75, 3.05) is 0 Å². The Morgan fingerprint density at radius 2 is 1.50 bits per heavy atom. The van der Waals surface area contributed by atoms with Crippen LogP contribution in [0.15, 0.2) is 12.2 Å². The van der Waals surface area contributed by atoms with E-state index in [9.17, 15) is 9.90 Å². The molecule has 0 aliphatic rings. The van der Waals surface area contributed by atoms with Gasteiger partial charge in [0.2, 0.25) is 0 Å². The van der Waals surface area contributed by atoms with Gasteiger partial charge in [-0.25, -0.2) is 0 Å². The van der Waals surface area contributed by atoms with Gasteiger partial charge in [-0.05, 0) is 25.7 Å². The summed E-state index contributed by atoms with van der Waals surface area (Å²) in [5.41, 5.74) is 0. The topological polar surface area (TPSA) is 57.5 Å². The molecule has 20 heavy (non-hydrogen) atoms. The average Bonchev–Trinajstić information content (AvgIpc) is 2.41. The van der Waals surface area contributed by atoms with Crippen molar-refractivity contribution < 1.29 is 15.0 Å². The maximum absolute atomic E-state index is 10.3. The summed E-state index contributed by atoms with van der Waals surface area (Å²) < 4.78 is 0. The first-order chi connectivity index (χ1) is 9.66. The van der Waals surface area contributed by atoms with Crippen molar-refractivity contribution in [1.29, 1.82) is 0 Å². The standard InChI is InChI=1S/C17H32O3/c1-2-3-10-13-16(18)14-11-8-6-4-5-7-9-12-15-17(19)20/h3,10,16,18H,2,4-9,11-15H2,1H3,(H,19,20). The van der Waals surface area contributed by atoms with Crippen molar-refractivity contribution in [2.24, 2.45) is 0 Å².